The average molecular weight is 272 g/mol. The SMILES string of the molecule is CC1(c2ccccc2)OCC(c2cc(O)ccc2O)O1. The second-order valence-electron chi connectivity index (χ2n) is 4.97. The molecule has 0 aliphatic carbocycles. The molecule has 4 nitrogen and oxygen atoms in total. The van der Waals surface area contributed by atoms with Crippen molar-refractivity contribution in [2.24, 2.45) is 0 Å². The summed E-state index contributed by atoms with van der Waals surface area (Å²) in [6, 6.07) is 14.0. The van der Waals surface area contributed by atoms with E-state index in [0.29, 0.717) is 12.2 Å². The van der Waals surface area contributed by atoms with E-state index in [-0.39, 0.29) is 11.5 Å². The summed E-state index contributed by atoms with van der Waals surface area (Å²) in [5, 5.41) is 19.4. The molecule has 0 aromatic heterocycles. The number of ether oxygens (including phenoxy) is 2. The molecular weight excluding hydrogens is 256 g/mol. The van der Waals surface area contributed by atoms with Gasteiger partial charge in [0, 0.05) is 11.1 Å². The number of rotatable bonds is 2. The minimum Gasteiger partial charge on any atom is -0.508 e. The first-order valence-electron chi connectivity index (χ1n) is 6.48. The molecule has 1 aliphatic heterocycles. The van der Waals surface area contributed by atoms with Crippen molar-refractivity contribution < 1.29 is 19.7 Å². The minimum absolute atomic E-state index is 0.0914. The lowest BCUT2D eigenvalue weighted by atomic mass is 10.1. The first kappa shape index (κ1) is 13.0. The number of hydrogen-bond donors (Lipinski definition) is 2. The maximum absolute atomic E-state index is 9.89. The lowest BCUT2D eigenvalue weighted by Gasteiger charge is -2.24. The molecule has 3 rings (SSSR count). The summed E-state index contributed by atoms with van der Waals surface area (Å²) >= 11 is 0. The van der Waals surface area contributed by atoms with Gasteiger partial charge in [-0.05, 0) is 25.1 Å². The Morgan fingerprint density at radius 3 is 2.60 bits per heavy atom. The van der Waals surface area contributed by atoms with Crippen LogP contribution in [-0.4, -0.2) is 16.8 Å². The van der Waals surface area contributed by atoms with Crippen molar-refractivity contribution in [3.63, 3.8) is 0 Å². The molecule has 0 spiro atoms. The van der Waals surface area contributed by atoms with Gasteiger partial charge in [-0.25, -0.2) is 0 Å². The Hall–Kier alpha value is -2.04. The van der Waals surface area contributed by atoms with Gasteiger partial charge in [-0.1, -0.05) is 30.3 Å². The molecule has 0 bridgehead atoms. The average Bonchev–Trinajstić information content (AvgIpc) is 2.86. The molecule has 0 saturated carbocycles. The monoisotopic (exact) mass is 272 g/mol. The van der Waals surface area contributed by atoms with E-state index in [1.807, 2.05) is 37.3 Å². The smallest absolute Gasteiger partial charge is 0.192 e. The third kappa shape index (κ3) is 2.24. The van der Waals surface area contributed by atoms with Crippen molar-refractivity contribution in [3.05, 3.63) is 59.7 Å². The van der Waals surface area contributed by atoms with Crippen LogP contribution >= 0.6 is 0 Å². The molecule has 2 atom stereocenters. The van der Waals surface area contributed by atoms with Crippen LogP contribution in [0.2, 0.25) is 0 Å². The molecule has 1 aliphatic rings. The largest absolute Gasteiger partial charge is 0.508 e. The van der Waals surface area contributed by atoms with Gasteiger partial charge in [-0.15, -0.1) is 0 Å². The molecule has 104 valence electrons. The zero-order chi connectivity index (χ0) is 14.2. The van der Waals surface area contributed by atoms with Gasteiger partial charge in [0.25, 0.3) is 0 Å². The van der Waals surface area contributed by atoms with Crippen LogP contribution in [0.15, 0.2) is 48.5 Å². The summed E-state index contributed by atoms with van der Waals surface area (Å²) in [5.74, 6) is -0.660. The lowest BCUT2D eigenvalue weighted by Crippen LogP contribution is -2.22. The van der Waals surface area contributed by atoms with Crippen molar-refractivity contribution in [1.82, 2.24) is 0 Å². The van der Waals surface area contributed by atoms with E-state index in [4.69, 9.17) is 9.47 Å². The highest BCUT2D eigenvalue weighted by Gasteiger charge is 2.40. The van der Waals surface area contributed by atoms with E-state index in [9.17, 15) is 10.2 Å². The summed E-state index contributed by atoms with van der Waals surface area (Å²) in [4.78, 5) is 0. The molecule has 4 heteroatoms. The van der Waals surface area contributed by atoms with Crippen molar-refractivity contribution >= 4 is 0 Å². The van der Waals surface area contributed by atoms with E-state index in [0.717, 1.165) is 5.56 Å². The van der Waals surface area contributed by atoms with Crippen LogP contribution in [0.1, 0.15) is 24.2 Å². The first-order valence-corrected chi connectivity index (χ1v) is 6.48. The summed E-state index contributed by atoms with van der Waals surface area (Å²) < 4.78 is 11.7. The molecule has 2 N–H and O–H groups in total. The summed E-state index contributed by atoms with van der Waals surface area (Å²) in [7, 11) is 0. The van der Waals surface area contributed by atoms with Gasteiger partial charge in [-0.2, -0.15) is 0 Å². The number of phenolic OH excluding ortho intramolecular Hbond substituents is 2. The third-order valence-corrected chi connectivity index (χ3v) is 3.53. The number of phenols is 2. The molecular formula is C16H16O4. The fourth-order valence-corrected chi connectivity index (χ4v) is 2.42. The van der Waals surface area contributed by atoms with Gasteiger partial charge in [0.05, 0.1) is 6.61 Å². The van der Waals surface area contributed by atoms with Crippen LogP contribution in [-0.2, 0) is 15.3 Å². The highest BCUT2D eigenvalue weighted by Crippen LogP contribution is 2.42. The van der Waals surface area contributed by atoms with Crippen LogP contribution in [0.25, 0.3) is 0 Å². The van der Waals surface area contributed by atoms with Crippen LogP contribution < -0.4 is 0 Å². The van der Waals surface area contributed by atoms with Crippen molar-refractivity contribution in [3.8, 4) is 11.5 Å². The predicted molar refractivity (Wildman–Crippen MR) is 73.3 cm³/mol. The topological polar surface area (TPSA) is 58.9 Å². The maximum Gasteiger partial charge on any atom is 0.192 e. The van der Waals surface area contributed by atoms with Gasteiger partial charge < -0.3 is 19.7 Å². The molecule has 0 radical (unpaired) electrons. The Morgan fingerprint density at radius 1 is 1.10 bits per heavy atom. The molecule has 20 heavy (non-hydrogen) atoms. The standard InChI is InChI=1S/C16H16O4/c1-16(11-5-3-2-4-6-11)19-10-15(20-16)13-9-12(17)7-8-14(13)18/h2-9,15,17-18H,10H2,1H3. The quantitative estimate of drug-likeness (QED) is 0.825. The van der Waals surface area contributed by atoms with E-state index in [2.05, 4.69) is 0 Å². The van der Waals surface area contributed by atoms with Crippen LogP contribution in [0.5, 0.6) is 11.5 Å². The molecule has 2 aromatic rings. The Kier molecular flexibility index (Phi) is 3.12. The molecule has 1 fully saturated rings. The van der Waals surface area contributed by atoms with Crippen molar-refractivity contribution in [2.45, 2.75) is 18.8 Å². The van der Waals surface area contributed by atoms with E-state index < -0.39 is 11.9 Å². The van der Waals surface area contributed by atoms with Gasteiger partial charge in [0.15, 0.2) is 5.79 Å². The summed E-state index contributed by atoms with van der Waals surface area (Å²) in [6.45, 7) is 2.17. The summed E-state index contributed by atoms with van der Waals surface area (Å²) in [6.07, 6.45) is -0.410. The zero-order valence-corrected chi connectivity index (χ0v) is 11.1. The van der Waals surface area contributed by atoms with E-state index in [1.54, 1.807) is 0 Å². The molecule has 2 unspecified atom stereocenters. The van der Waals surface area contributed by atoms with Crippen LogP contribution in [0, 0.1) is 0 Å². The number of hydrogen-bond acceptors (Lipinski definition) is 4. The predicted octanol–water partition coefficient (Wildman–Crippen LogP) is 3.06. The van der Waals surface area contributed by atoms with Crippen LogP contribution in [0.3, 0.4) is 0 Å². The van der Waals surface area contributed by atoms with Gasteiger partial charge in [0.2, 0.25) is 0 Å². The van der Waals surface area contributed by atoms with Crippen LogP contribution in [0.4, 0.5) is 0 Å². The Morgan fingerprint density at radius 2 is 1.85 bits per heavy atom. The number of aromatic hydroxyl groups is 2. The Labute approximate surface area is 117 Å². The number of benzene rings is 2. The van der Waals surface area contributed by atoms with Gasteiger partial charge in [0.1, 0.15) is 17.6 Å². The molecule has 1 heterocycles. The van der Waals surface area contributed by atoms with E-state index >= 15 is 0 Å². The summed E-state index contributed by atoms with van der Waals surface area (Å²) in [5.41, 5.74) is 1.45. The normalized spacial score (nSPS) is 25.8. The van der Waals surface area contributed by atoms with Gasteiger partial charge in [-0.3, -0.25) is 0 Å². The minimum atomic E-state index is -0.843. The third-order valence-electron chi connectivity index (χ3n) is 3.53. The second kappa shape index (κ2) is 4.81. The molecule has 0 amide bonds. The maximum atomic E-state index is 9.89. The van der Waals surface area contributed by atoms with Gasteiger partial charge >= 0.3 is 0 Å². The zero-order valence-electron chi connectivity index (χ0n) is 11.1. The molecule has 1 saturated heterocycles. The Bertz CT molecular complexity index is 611. The fourth-order valence-electron chi connectivity index (χ4n) is 2.42. The Balaban J connectivity index is 1.88. The van der Waals surface area contributed by atoms with Crippen molar-refractivity contribution in [1.29, 1.82) is 0 Å². The van der Waals surface area contributed by atoms with Crippen molar-refractivity contribution in [2.75, 3.05) is 6.61 Å². The lowest BCUT2D eigenvalue weighted by molar-refractivity contribution is -0.162. The fraction of sp³-hybridized carbons (Fsp3) is 0.250. The first-order chi connectivity index (χ1) is 9.58. The molecule has 2 aromatic carbocycles. The second-order valence-corrected chi connectivity index (χ2v) is 4.97. The highest BCUT2D eigenvalue weighted by molar-refractivity contribution is 5.40. The highest BCUT2D eigenvalue weighted by atomic mass is 16.7. The van der Waals surface area contributed by atoms with E-state index in [1.165, 1.54) is 18.2 Å².